The standard InChI is InChI=1S/C20H18ClN5O/c1-12(19-24-17-8-3-4-9-18(17)25-19)23-20(27)16-11-22-26(13(16)2)15-7-5-6-14(21)10-15/h3-12H,1-2H3,(H,23,27)(H,24,25). The molecule has 1 atom stereocenters. The second-order valence-corrected chi connectivity index (χ2v) is 6.81. The zero-order chi connectivity index (χ0) is 19.0. The number of halogens is 1. The number of imidazole rings is 1. The lowest BCUT2D eigenvalue weighted by molar-refractivity contribution is 0.0938. The molecule has 1 unspecified atom stereocenters. The summed E-state index contributed by atoms with van der Waals surface area (Å²) >= 11 is 6.06. The van der Waals surface area contributed by atoms with Gasteiger partial charge in [0.25, 0.3) is 5.91 Å². The molecule has 6 nitrogen and oxygen atoms in total. The van der Waals surface area contributed by atoms with E-state index in [0.717, 1.165) is 22.4 Å². The number of nitrogens with zero attached hydrogens (tertiary/aromatic N) is 3. The molecule has 136 valence electrons. The van der Waals surface area contributed by atoms with E-state index in [2.05, 4.69) is 20.4 Å². The number of aromatic nitrogens is 4. The molecule has 0 saturated heterocycles. The summed E-state index contributed by atoms with van der Waals surface area (Å²) in [6.07, 6.45) is 1.57. The number of H-pyrrole nitrogens is 1. The van der Waals surface area contributed by atoms with Gasteiger partial charge in [-0.15, -0.1) is 0 Å². The average Bonchev–Trinajstić information content (AvgIpc) is 3.25. The van der Waals surface area contributed by atoms with Gasteiger partial charge in [-0.3, -0.25) is 4.79 Å². The molecule has 0 saturated carbocycles. The molecular weight excluding hydrogens is 362 g/mol. The van der Waals surface area contributed by atoms with E-state index < -0.39 is 0 Å². The van der Waals surface area contributed by atoms with Crippen LogP contribution in [0.3, 0.4) is 0 Å². The first-order valence-electron chi connectivity index (χ1n) is 8.59. The van der Waals surface area contributed by atoms with Crippen molar-refractivity contribution in [2.45, 2.75) is 19.9 Å². The van der Waals surface area contributed by atoms with Crippen molar-refractivity contribution in [3.63, 3.8) is 0 Å². The van der Waals surface area contributed by atoms with Crippen LogP contribution in [-0.4, -0.2) is 25.7 Å². The Balaban J connectivity index is 1.56. The number of benzene rings is 2. The van der Waals surface area contributed by atoms with Crippen molar-refractivity contribution in [1.29, 1.82) is 0 Å². The van der Waals surface area contributed by atoms with Gasteiger partial charge in [0.15, 0.2) is 0 Å². The highest BCUT2D eigenvalue weighted by Crippen LogP contribution is 2.19. The first kappa shape index (κ1) is 17.3. The number of nitrogens with one attached hydrogen (secondary N) is 2. The van der Waals surface area contributed by atoms with Gasteiger partial charge in [-0.05, 0) is 44.2 Å². The van der Waals surface area contributed by atoms with Crippen molar-refractivity contribution >= 4 is 28.5 Å². The maximum atomic E-state index is 12.7. The first-order chi connectivity index (χ1) is 13.0. The van der Waals surface area contributed by atoms with E-state index in [0.29, 0.717) is 16.4 Å². The van der Waals surface area contributed by atoms with Crippen LogP contribution in [0, 0.1) is 6.92 Å². The normalized spacial score (nSPS) is 12.3. The number of aromatic amines is 1. The second-order valence-electron chi connectivity index (χ2n) is 6.37. The Labute approximate surface area is 161 Å². The molecule has 27 heavy (non-hydrogen) atoms. The highest BCUT2D eigenvalue weighted by Gasteiger charge is 2.19. The number of hydrogen-bond acceptors (Lipinski definition) is 3. The Morgan fingerprint density at radius 3 is 2.81 bits per heavy atom. The third kappa shape index (κ3) is 3.31. The predicted octanol–water partition coefficient (Wildman–Crippen LogP) is 4.20. The summed E-state index contributed by atoms with van der Waals surface area (Å²) < 4.78 is 1.70. The smallest absolute Gasteiger partial charge is 0.255 e. The Bertz CT molecular complexity index is 1100. The summed E-state index contributed by atoms with van der Waals surface area (Å²) in [5.74, 6) is 0.512. The van der Waals surface area contributed by atoms with Crippen LogP contribution in [0.15, 0.2) is 54.7 Å². The quantitative estimate of drug-likeness (QED) is 0.558. The van der Waals surface area contributed by atoms with Crippen LogP contribution < -0.4 is 5.32 Å². The lowest BCUT2D eigenvalue weighted by Crippen LogP contribution is -2.27. The van der Waals surface area contributed by atoms with E-state index >= 15 is 0 Å². The van der Waals surface area contributed by atoms with Crippen molar-refractivity contribution in [3.8, 4) is 5.69 Å². The van der Waals surface area contributed by atoms with Crippen LogP contribution in [-0.2, 0) is 0 Å². The summed E-state index contributed by atoms with van der Waals surface area (Å²) in [6.45, 7) is 3.75. The van der Waals surface area contributed by atoms with Crippen LogP contribution in [0.1, 0.15) is 34.8 Å². The van der Waals surface area contributed by atoms with Gasteiger partial charge >= 0.3 is 0 Å². The van der Waals surface area contributed by atoms with Gasteiger partial charge in [-0.2, -0.15) is 5.10 Å². The van der Waals surface area contributed by atoms with E-state index in [1.807, 2.05) is 50.2 Å². The maximum Gasteiger partial charge on any atom is 0.255 e. The van der Waals surface area contributed by atoms with Gasteiger partial charge in [0, 0.05) is 5.02 Å². The Morgan fingerprint density at radius 2 is 2.04 bits per heavy atom. The average molecular weight is 380 g/mol. The van der Waals surface area contributed by atoms with Crippen molar-refractivity contribution in [2.24, 2.45) is 0 Å². The van der Waals surface area contributed by atoms with Gasteiger partial charge in [0.1, 0.15) is 5.82 Å². The van der Waals surface area contributed by atoms with Crippen molar-refractivity contribution in [3.05, 3.63) is 76.8 Å². The van der Waals surface area contributed by atoms with E-state index in [1.54, 1.807) is 23.0 Å². The molecule has 2 N–H and O–H groups in total. The van der Waals surface area contributed by atoms with E-state index in [9.17, 15) is 4.79 Å². The molecule has 0 radical (unpaired) electrons. The highest BCUT2D eigenvalue weighted by molar-refractivity contribution is 6.30. The van der Waals surface area contributed by atoms with Gasteiger partial charge in [-0.25, -0.2) is 9.67 Å². The number of fused-ring (bicyclic) bond motifs is 1. The molecular formula is C20H18ClN5O. The van der Waals surface area contributed by atoms with Crippen LogP contribution in [0.5, 0.6) is 0 Å². The Hall–Kier alpha value is -3.12. The van der Waals surface area contributed by atoms with Crippen molar-refractivity contribution < 1.29 is 4.79 Å². The molecule has 2 aromatic carbocycles. The summed E-state index contributed by atoms with van der Waals surface area (Å²) in [7, 11) is 0. The molecule has 0 spiro atoms. The third-order valence-electron chi connectivity index (χ3n) is 4.47. The molecule has 4 aromatic rings. The Morgan fingerprint density at radius 1 is 1.22 bits per heavy atom. The fourth-order valence-electron chi connectivity index (χ4n) is 3.02. The first-order valence-corrected chi connectivity index (χ1v) is 8.97. The molecule has 2 heterocycles. The molecule has 0 aliphatic rings. The van der Waals surface area contributed by atoms with E-state index in [-0.39, 0.29) is 11.9 Å². The number of amides is 1. The van der Waals surface area contributed by atoms with Gasteiger partial charge in [0.05, 0.1) is 40.2 Å². The zero-order valence-corrected chi connectivity index (χ0v) is 15.7. The number of carbonyl (C=O) groups is 1. The van der Waals surface area contributed by atoms with Gasteiger partial charge in [-0.1, -0.05) is 29.8 Å². The van der Waals surface area contributed by atoms with Gasteiger partial charge < -0.3 is 10.3 Å². The molecule has 0 aliphatic carbocycles. The topological polar surface area (TPSA) is 75.6 Å². The van der Waals surface area contributed by atoms with Crippen LogP contribution in [0.4, 0.5) is 0 Å². The summed E-state index contributed by atoms with van der Waals surface area (Å²) in [6, 6.07) is 14.9. The minimum absolute atomic E-state index is 0.200. The Kier molecular flexibility index (Phi) is 4.41. The van der Waals surface area contributed by atoms with E-state index in [4.69, 9.17) is 11.6 Å². The summed E-state index contributed by atoms with van der Waals surface area (Å²) in [5.41, 5.74) is 3.88. The van der Waals surface area contributed by atoms with Crippen molar-refractivity contribution in [2.75, 3.05) is 0 Å². The highest BCUT2D eigenvalue weighted by atomic mass is 35.5. The molecule has 4 rings (SSSR count). The lowest BCUT2D eigenvalue weighted by atomic mass is 10.2. The van der Waals surface area contributed by atoms with E-state index in [1.165, 1.54) is 0 Å². The molecule has 0 bridgehead atoms. The minimum atomic E-state index is -0.265. The van der Waals surface area contributed by atoms with Crippen LogP contribution >= 0.6 is 11.6 Å². The largest absolute Gasteiger partial charge is 0.342 e. The zero-order valence-electron chi connectivity index (χ0n) is 14.9. The molecule has 7 heteroatoms. The fourth-order valence-corrected chi connectivity index (χ4v) is 3.21. The van der Waals surface area contributed by atoms with Crippen molar-refractivity contribution in [1.82, 2.24) is 25.1 Å². The second kappa shape index (κ2) is 6.89. The maximum absolute atomic E-state index is 12.7. The molecule has 0 fully saturated rings. The number of rotatable bonds is 4. The fraction of sp³-hybridized carbons (Fsp3) is 0.150. The third-order valence-corrected chi connectivity index (χ3v) is 4.71. The predicted molar refractivity (Wildman–Crippen MR) is 105 cm³/mol. The van der Waals surface area contributed by atoms with Gasteiger partial charge in [0.2, 0.25) is 0 Å². The molecule has 1 amide bonds. The number of para-hydroxylation sites is 2. The molecule has 0 aliphatic heterocycles. The summed E-state index contributed by atoms with van der Waals surface area (Å²) in [5, 5.41) is 7.93. The number of carbonyl (C=O) groups excluding carboxylic acids is 1. The van der Waals surface area contributed by atoms with Crippen LogP contribution in [0.2, 0.25) is 5.02 Å². The minimum Gasteiger partial charge on any atom is -0.342 e. The lowest BCUT2D eigenvalue weighted by Gasteiger charge is -2.11. The molecule has 2 aromatic heterocycles. The summed E-state index contributed by atoms with van der Waals surface area (Å²) in [4.78, 5) is 20.5. The number of hydrogen-bond donors (Lipinski definition) is 2. The van der Waals surface area contributed by atoms with Crippen LogP contribution in [0.25, 0.3) is 16.7 Å². The SMILES string of the molecule is Cc1c(C(=O)NC(C)c2nc3ccccc3[nH]2)cnn1-c1cccc(Cl)c1. The monoisotopic (exact) mass is 379 g/mol.